The average Bonchev–Trinajstić information content (AvgIpc) is 3.26. The second-order valence-electron chi connectivity index (χ2n) is 13.6. The predicted molar refractivity (Wildman–Crippen MR) is 183 cm³/mol. The van der Waals surface area contributed by atoms with Crippen LogP contribution in [0.2, 0.25) is 0 Å². The van der Waals surface area contributed by atoms with Crippen molar-refractivity contribution >= 4 is 35.0 Å². The molecule has 1 aromatic rings. The van der Waals surface area contributed by atoms with E-state index in [0.717, 1.165) is 37.2 Å². The molecule has 0 spiro atoms. The quantitative estimate of drug-likeness (QED) is 0.106. The first-order valence-electron chi connectivity index (χ1n) is 16.2. The Labute approximate surface area is 276 Å². The van der Waals surface area contributed by atoms with Gasteiger partial charge in [-0.1, -0.05) is 32.9 Å². The van der Waals surface area contributed by atoms with Crippen molar-refractivity contribution in [2.45, 2.75) is 98.3 Å². The van der Waals surface area contributed by atoms with Crippen LogP contribution in [0.1, 0.15) is 45.6 Å². The molecule has 3 fully saturated rings. The van der Waals surface area contributed by atoms with Gasteiger partial charge in [-0.15, -0.1) is 11.8 Å². The van der Waals surface area contributed by atoms with Crippen molar-refractivity contribution in [2.24, 2.45) is 17.8 Å². The van der Waals surface area contributed by atoms with Gasteiger partial charge in [-0.25, -0.2) is 10.9 Å². The number of nitrogens with zero attached hydrogens (tertiary/aromatic N) is 1. The Morgan fingerprint density at radius 1 is 1.18 bits per heavy atom. The molecule has 258 valence electrons. The SMILES string of the molecule is CC(C)C[C@@H]1CCO[C@@H]2[C@H](CN[C@@H]2C(=O)N[C@H]([C@@H]2[C@H](O)[C@@H](O)[C@@H](O)C[SH]2C)[C@H](C)Sc2ccc(CCN(C)C)cc2)C1.O=CO. The van der Waals surface area contributed by atoms with Gasteiger partial charge in [0.2, 0.25) is 5.91 Å². The topological polar surface area (TPSA) is 152 Å². The molecule has 1 unspecified atom stereocenters. The zero-order valence-electron chi connectivity index (χ0n) is 27.7. The summed E-state index contributed by atoms with van der Waals surface area (Å²) < 4.78 is 6.32. The Kier molecular flexibility index (Phi) is 15.4. The minimum absolute atomic E-state index is 0.0729. The molecule has 10 nitrogen and oxygen atoms in total. The van der Waals surface area contributed by atoms with Crippen LogP contribution in [0.4, 0.5) is 0 Å². The van der Waals surface area contributed by atoms with Gasteiger partial charge in [0.1, 0.15) is 12.1 Å². The van der Waals surface area contributed by atoms with Crippen molar-refractivity contribution < 1.29 is 34.8 Å². The highest BCUT2D eigenvalue weighted by atomic mass is 32.2. The van der Waals surface area contributed by atoms with E-state index in [4.69, 9.17) is 14.6 Å². The largest absolute Gasteiger partial charge is 0.483 e. The fraction of sp³-hybridized carbons (Fsp3) is 0.758. The lowest BCUT2D eigenvalue weighted by Crippen LogP contribution is -2.62. The second kappa shape index (κ2) is 18.2. The third-order valence-corrected chi connectivity index (χ3v) is 13.1. The number of nitrogens with one attached hydrogen (secondary N) is 2. The van der Waals surface area contributed by atoms with Crippen molar-refractivity contribution in [1.29, 1.82) is 0 Å². The third-order valence-electron chi connectivity index (χ3n) is 9.31. The first-order chi connectivity index (χ1) is 21.4. The number of carboxylic acid groups (broad SMARTS) is 1. The van der Waals surface area contributed by atoms with Crippen molar-refractivity contribution in [3.8, 4) is 0 Å². The van der Waals surface area contributed by atoms with Crippen LogP contribution in [0, 0.1) is 17.8 Å². The Morgan fingerprint density at radius 3 is 2.47 bits per heavy atom. The van der Waals surface area contributed by atoms with Gasteiger partial charge in [0.25, 0.3) is 6.47 Å². The Balaban J connectivity index is 0.00000177. The Morgan fingerprint density at radius 2 is 1.84 bits per heavy atom. The number of thiol groups is 1. The lowest BCUT2D eigenvalue weighted by atomic mass is 9.85. The second-order valence-corrected chi connectivity index (χ2v) is 17.6. The lowest BCUT2D eigenvalue weighted by Gasteiger charge is -2.47. The minimum Gasteiger partial charge on any atom is -0.483 e. The summed E-state index contributed by atoms with van der Waals surface area (Å²) in [6.45, 7) is 8.81. The summed E-state index contributed by atoms with van der Waals surface area (Å²) in [5.74, 6) is 1.92. The summed E-state index contributed by atoms with van der Waals surface area (Å²) in [4.78, 5) is 25.6. The van der Waals surface area contributed by atoms with Crippen LogP contribution in [0.5, 0.6) is 0 Å². The lowest BCUT2D eigenvalue weighted by molar-refractivity contribution is -0.127. The maximum Gasteiger partial charge on any atom is 0.290 e. The van der Waals surface area contributed by atoms with E-state index < -0.39 is 35.2 Å². The summed E-state index contributed by atoms with van der Waals surface area (Å²) in [5.41, 5.74) is 1.28. The summed E-state index contributed by atoms with van der Waals surface area (Å²) in [6, 6.07) is 7.75. The van der Waals surface area contributed by atoms with Crippen LogP contribution in [0.25, 0.3) is 0 Å². The fourth-order valence-corrected chi connectivity index (χ4v) is 10.9. The zero-order chi connectivity index (χ0) is 33.3. The molecular weight excluding hydrogens is 615 g/mol. The van der Waals surface area contributed by atoms with Crippen LogP contribution in [-0.4, -0.2) is 131 Å². The Hall–Kier alpha value is -1.38. The predicted octanol–water partition coefficient (Wildman–Crippen LogP) is 1.98. The molecule has 45 heavy (non-hydrogen) atoms. The molecule has 0 bridgehead atoms. The maximum absolute atomic E-state index is 14.0. The number of amides is 1. The van der Waals surface area contributed by atoms with Crippen molar-refractivity contribution in [3.63, 3.8) is 0 Å². The number of ether oxygens (including phenoxy) is 1. The smallest absolute Gasteiger partial charge is 0.290 e. The van der Waals surface area contributed by atoms with Gasteiger partial charge in [0.15, 0.2) is 0 Å². The maximum atomic E-state index is 14.0. The highest BCUT2D eigenvalue weighted by molar-refractivity contribution is 8.17. The van der Waals surface area contributed by atoms with Crippen LogP contribution in [0.3, 0.4) is 0 Å². The first kappa shape index (κ1) is 38.1. The number of carbonyl (C=O) groups is 2. The molecule has 0 saturated carbocycles. The fourth-order valence-electron chi connectivity index (χ4n) is 7.08. The number of fused-ring (bicyclic) bond motifs is 1. The molecule has 4 rings (SSSR count). The minimum atomic E-state index is -1.22. The first-order valence-corrected chi connectivity index (χ1v) is 19.2. The summed E-state index contributed by atoms with van der Waals surface area (Å²) in [6.07, 6.45) is 2.90. The number of hydrogen-bond donors (Lipinski definition) is 7. The number of rotatable bonds is 11. The van der Waals surface area contributed by atoms with Crippen molar-refractivity contribution in [1.82, 2.24) is 15.5 Å². The van der Waals surface area contributed by atoms with E-state index in [1.54, 1.807) is 11.8 Å². The van der Waals surface area contributed by atoms with E-state index in [0.29, 0.717) is 30.1 Å². The molecule has 0 aromatic heterocycles. The molecule has 0 radical (unpaired) electrons. The molecular formula is C33H57N3O7S2. The van der Waals surface area contributed by atoms with E-state index in [-0.39, 0.29) is 35.0 Å². The van der Waals surface area contributed by atoms with E-state index in [1.165, 1.54) is 12.0 Å². The van der Waals surface area contributed by atoms with E-state index in [2.05, 4.69) is 80.9 Å². The number of aliphatic hydroxyl groups excluding tert-OH is 3. The van der Waals surface area contributed by atoms with Gasteiger partial charge < -0.3 is 40.7 Å². The number of benzene rings is 1. The number of likely N-dealkylation sites (N-methyl/N-ethyl adjacent to an activating group) is 1. The number of hydrogen-bond acceptors (Lipinski definition) is 9. The zero-order valence-corrected chi connectivity index (χ0v) is 29.4. The molecule has 1 aromatic carbocycles. The molecule has 3 aliphatic heterocycles. The van der Waals surface area contributed by atoms with E-state index in [9.17, 15) is 20.1 Å². The molecule has 0 aliphatic carbocycles. The van der Waals surface area contributed by atoms with Crippen LogP contribution >= 0.6 is 22.7 Å². The van der Waals surface area contributed by atoms with Gasteiger partial charge >= 0.3 is 0 Å². The van der Waals surface area contributed by atoms with Gasteiger partial charge in [0, 0.05) is 40.8 Å². The van der Waals surface area contributed by atoms with Gasteiger partial charge in [0.05, 0.1) is 24.4 Å². The van der Waals surface area contributed by atoms with Crippen molar-refractivity contribution in [3.05, 3.63) is 29.8 Å². The average molecular weight is 672 g/mol. The van der Waals surface area contributed by atoms with E-state index >= 15 is 0 Å². The van der Waals surface area contributed by atoms with E-state index in [1.807, 2.05) is 0 Å². The standard InChI is InChI=1S/C32H55N3O5S2.CH2O2/c1-19(2)15-22-12-14-40-30-23(16-22)17-33-27(30)32(39)34-26(31-29(38)28(37)25(36)18-42(31)6)20(3)41-24-9-7-21(8-10-24)11-13-35(4)5;2-1-3/h7-10,19-20,22-23,25-31,33,36-38,42H,11-18H2,1-6H3,(H,34,39);1H,(H,2,3)/t20-,22-,23-,25-,26-,27-,28-,29+,30+,31+;/m0./s1. The van der Waals surface area contributed by atoms with Crippen LogP contribution in [-0.2, 0) is 20.7 Å². The molecule has 3 aliphatic rings. The number of aliphatic hydroxyl groups is 3. The molecule has 12 heteroatoms. The number of thioether (sulfide) groups is 1. The van der Waals surface area contributed by atoms with Gasteiger partial charge in [-0.3, -0.25) is 9.59 Å². The van der Waals surface area contributed by atoms with Gasteiger partial charge in [-0.2, -0.15) is 0 Å². The highest BCUT2D eigenvalue weighted by Gasteiger charge is 2.48. The molecule has 1 amide bonds. The molecule has 3 heterocycles. The highest BCUT2D eigenvalue weighted by Crippen LogP contribution is 2.43. The normalized spacial score (nSPS) is 33.8. The molecule has 6 N–H and O–H groups in total. The van der Waals surface area contributed by atoms with Crippen LogP contribution < -0.4 is 10.6 Å². The Bertz CT molecular complexity index is 1050. The molecule has 3 saturated heterocycles. The summed E-state index contributed by atoms with van der Waals surface area (Å²) in [7, 11) is 3.30. The van der Waals surface area contributed by atoms with Crippen molar-refractivity contribution in [2.75, 3.05) is 45.8 Å². The molecule has 11 atom stereocenters. The summed E-state index contributed by atoms with van der Waals surface area (Å²) >= 11 is 1.68. The monoisotopic (exact) mass is 671 g/mol. The van der Waals surface area contributed by atoms with Crippen LogP contribution in [0.15, 0.2) is 29.2 Å². The number of carbonyl (C=O) groups excluding carboxylic acids is 1. The third kappa shape index (κ3) is 10.8. The summed E-state index contributed by atoms with van der Waals surface area (Å²) in [5, 5.41) is 45.5. The van der Waals surface area contributed by atoms with Gasteiger partial charge in [-0.05, 0) is 81.5 Å².